The van der Waals surface area contributed by atoms with Gasteiger partial charge in [0.05, 0.1) is 40.3 Å². The summed E-state index contributed by atoms with van der Waals surface area (Å²) in [6, 6.07) is 5.55. The van der Waals surface area contributed by atoms with Crippen LogP contribution < -0.4 is 19.9 Å². The maximum Gasteiger partial charge on any atom is 0.278 e. The highest BCUT2D eigenvalue weighted by atomic mass is 35.5. The van der Waals surface area contributed by atoms with Crippen LogP contribution in [-0.2, 0) is 16.1 Å². The molecule has 1 unspecified atom stereocenters. The number of unbranched alkanes of at least 4 members (excludes halogenated alkanes) is 1. The molecule has 1 fully saturated rings. The predicted octanol–water partition coefficient (Wildman–Crippen LogP) is -0.993. The number of nitrogens with zero attached hydrogens (tertiary/aromatic N) is 1. The number of amides is 2. The van der Waals surface area contributed by atoms with Crippen LogP contribution in [0.4, 0.5) is 0 Å². The van der Waals surface area contributed by atoms with E-state index in [1.54, 1.807) is 13.2 Å². The number of carbonyl (C=O) groups is 2. The van der Waals surface area contributed by atoms with Crippen LogP contribution in [0.15, 0.2) is 18.2 Å². The average molecular weight is 427 g/mol. The number of nitrogens with one attached hydrogen (secondary N) is 3. The fourth-order valence-corrected chi connectivity index (χ4v) is 3.78. The lowest BCUT2D eigenvalue weighted by Gasteiger charge is -2.32. The third kappa shape index (κ3) is 7.84. The van der Waals surface area contributed by atoms with Gasteiger partial charge in [-0.05, 0) is 24.6 Å². The number of carbonyl (C=O) groups excluding carboxylic acids is 2. The molecule has 0 aromatic heterocycles. The Hall–Kier alpha value is -1.83. The summed E-state index contributed by atoms with van der Waals surface area (Å²) in [6.45, 7) is 7.46. The third-order valence-corrected chi connectivity index (χ3v) is 5.51. The van der Waals surface area contributed by atoms with Gasteiger partial charge in [-0.3, -0.25) is 9.59 Å². The molecule has 8 heteroatoms. The van der Waals surface area contributed by atoms with Crippen molar-refractivity contribution in [2.75, 3.05) is 60.0 Å². The molecule has 0 spiro atoms. The van der Waals surface area contributed by atoms with Gasteiger partial charge in [-0.1, -0.05) is 24.9 Å². The molecule has 1 aromatic carbocycles. The molecule has 3 N–H and O–H groups in total. The van der Waals surface area contributed by atoms with E-state index in [0.717, 1.165) is 48.7 Å². The molecule has 1 heterocycles. The molecule has 7 nitrogen and oxygen atoms in total. The summed E-state index contributed by atoms with van der Waals surface area (Å²) in [7, 11) is 3.64. The average Bonchev–Trinajstić information content (AvgIpc) is 2.68. The monoisotopic (exact) mass is 426 g/mol. The zero-order chi connectivity index (χ0) is 21.2. The first kappa shape index (κ1) is 23.4. The molecule has 1 atom stereocenters. The lowest BCUT2D eigenvalue weighted by atomic mass is 10.2. The Labute approximate surface area is 178 Å². The number of halogens is 1. The molecule has 2 rings (SSSR count). The van der Waals surface area contributed by atoms with E-state index in [0.29, 0.717) is 37.7 Å². The van der Waals surface area contributed by atoms with Crippen LogP contribution in [0.5, 0.6) is 5.75 Å². The van der Waals surface area contributed by atoms with Crippen molar-refractivity contribution in [1.29, 1.82) is 0 Å². The molecule has 0 saturated carbocycles. The van der Waals surface area contributed by atoms with Gasteiger partial charge in [-0.2, -0.15) is 0 Å². The van der Waals surface area contributed by atoms with Crippen LogP contribution in [0.3, 0.4) is 0 Å². The van der Waals surface area contributed by atoms with E-state index in [4.69, 9.17) is 16.3 Å². The second-order valence-electron chi connectivity index (χ2n) is 7.78. The van der Waals surface area contributed by atoms with Crippen molar-refractivity contribution in [1.82, 2.24) is 10.2 Å². The van der Waals surface area contributed by atoms with Crippen molar-refractivity contribution in [3.05, 3.63) is 28.8 Å². The van der Waals surface area contributed by atoms with Crippen LogP contribution >= 0.6 is 11.6 Å². The minimum absolute atomic E-state index is 0.105. The fourth-order valence-electron chi connectivity index (χ4n) is 3.59. The van der Waals surface area contributed by atoms with Crippen molar-refractivity contribution in [3.63, 3.8) is 0 Å². The lowest BCUT2D eigenvalue weighted by molar-refractivity contribution is -0.897. The number of ether oxygens (including phenoxy) is 1. The van der Waals surface area contributed by atoms with Gasteiger partial charge in [-0.25, -0.2) is 0 Å². The minimum atomic E-state index is 0.105. The number of methoxy groups -OCH3 is 1. The molecule has 1 aromatic rings. The molecule has 1 saturated heterocycles. The number of hydrogen-bond acceptors (Lipinski definition) is 3. The highest BCUT2D eigenvalue weighted by Gasteiger charge is 2.27. The maximum absolute atomic E-state index is 12.7. The molecule has 29 heavy (non-hydrogen) atoms. The summed E-state index contributed by atoms with van der Waals surface area (Å²) in [5.41, 5.74) is 0.994. The van der Waals surface area contributed by atoms with Crippen molar-refractivity contribution in [2.45, 2.75) is 26.3 Å². The Kier molecular flexibility index (Phi) is 9.70. The van der Waals surface area contributed by atoms with E-state index in [2.05, 4.69) is 12.2 Å². The molecule has 1 aliphatic heterocycles. The minimum Gasteiger partial charge on any atom is -0.496 e. The van der Waals surface area contributed by atoms with Crippen LogP contribution in [-0.4, -0.2) is 76.7 Å². The van der Waals surface area contributed by atoms with Crippen molar-refractivity contribution >= 4 is 23.4 Å². The number of hydrogen-bond donors (Lipinski definition) is 3. The van der Waals surface area contributed by atoms with E-state index >= 15 is 0 Å². The molecule has 0 radical (unpaired) electrons. The first-order chi connectivity index (χ1) is 13.9. The summed E-state index contributed by atoms with van der Waals surface area (Å²) < 4.78 is 5.39. The molecular formula is C21H35ClN4O3+2. The van der Waals surface area contributed by atoms with Gasteiger partial charge >= 0.3 is 0 Å². The molecular weight excluding hydrogens is 392 g/mol. The second-order valence-corrected chi connectivity index (χ2v) is 8.21. The highest BCUT2D eigenvalue weighted by Crippen LogP contribution is 2.21. The van der Waals surface area contributed by atoms with Gasteiger partial charge in [0.1, 0.15) is 12.3 Å². The Morgan fingerprint density at radius 2 is 2.03 bits per heavy atom. The van der Waals surface area contributed by atoms with E-state index < -0.39 is 0 Å². The van der Waals surface area contributed by atoms with Crippen LogP contribution in [0.1, 0.15) is 25.3 Å². The first-order valence-electron chi connectivity index (χ1n) is 10.4. The van der Waals surface area contributed by atoms with Gasteiger partial charge in [-0.15, -0.1) is 0 Å². The Bertz CT molecular complexity index is 678. The van der Waals surface area contributed by atoms with Crippen molar-refractivity contribution < 1.29 is 24.1 Å². The lowest BCUT2D eigenvalue weighted by Crippen LogP contribution is -3.16. The highest BCUT2D eigenvalue weighted by molar-refractivity contribution is 6.30. The number of rotatable bonds is 10. The van der Waals surface area contributed by atoms with Crippen LogP contribution in [0.25, 0.3) is 0 Å². The van der Waals surface area contributed by atoms with Gasteiger partial charge in [0.15, 0.2) is 13.1 Å². The zero-order valence-corrected chi connectivity index (χ0v) is 18.6. The molecule has 2 amide bonds. The summed E-state index contributed by atoms with van der Waals surface area (Å²) in [4.78, 5) is 28.9. The number of piperazine rings is 1. The number of quaternary nitrogens is 2. The van der Waals surface area contributed by atoms with E-state index in [1.807, 2.05) is 24.1 Å². The van der Waals surface area contributed by atoms with Crippen molar-refractivity contribution in [2.24, 2.45) is 0 Å². The Morgan fingerprint density at radius 3 is 2.69 bits per heavy atom. The van der Waals surface area contributed by atoms with E-state index in [1.165, 1.54) is 4.90 Å². The summed E-state index contributed by atoms with van der Waals surface area (Å²) in [5, 5.41) is 3.63. The normalized spacial score (nSPS) is 15.8. The fraction of sp³-hybridized carbons (Fsp3) is 0.619. The molecule has 0 aliphatic carbocycles. The quantitative estimate of drug-likeness (QED) is 0.421. The van der Waals surface area contributed by atoms with Crippen molar-refractivity contribution in [3.8, 4) is 5.75 Å². The Morgan fingerprint density at radius 1 is 1.31 bits per heavy atom. The van der Waals surface area contributed by atoms with E-state index in [-0.39, 0.29) is 11.8 Å². The van der Waals surface area contributed by atoms with Gasteiger partial charge in [0, 0.05) is 17.1 Å². The number of likely N-dealkylation sites (N-methyl/N-ethyl adjacent to an activating group) is 1. The maximum atomic E-state index is 12.7. The van der Waals surface area contributed by atoms with Gasteiger partial charge in [0.2, 0.25) is 0 Å². The smallest absolute Gasteiger partial charge is 0.278 e. The summed E-state index contributed by atoms with van der Waals surface area (Å²) in [6.07, 6.45) is 2.09. The van der Waals surface area contributed by atoms with E-state index in [9.17, 15) is 9.59 Å². The van der Waals surface area contributed by atoms with Crippen LogP contribution in [0, 0.1) is 0 Å². The second kappa shape index (κ2) is 12.0. The predicted molar refractivity (Wildman–Crippen MR) is 114 cm³/mol. The Balaban J connectivity index is 1.75. The van der Waals surface area contributed by atoms with Gasteiger partial charge < -0.3 is 24.8 Å². The largest absolute Gasteiger partial charge is 0.496 e. The summed E-state index contributed by atoms with van der Waals surface area (Å²) >= 11 is 6.10. The molecule has 1 aliphatic rings. The van der Waals surface area contributed by atoms with Gasteiger partial charge in [0.25, 0.3) is 11.8 Å². The third-order valence-electron chi connectivity index (χ3n) is 5.27. The summed E-state index contributed by atoms with van der Waals surface area (Å²) in [5.74, 6) is 1.04. The number of benzene rings is 1. The molecule has 162 valence electrons. The van der Waals surface area contributed by atoms with Crippen LogP contribution in [0.2, 0.25) is 5.02 Å². The molecule has 0 bridgehead atoms. The topological polar surface area (TPSA) is 67.5 Å². The SMILES string of the molecule is CCCCNC(=O)C[NH+]1CCN(C(=O)C[NH+](C)Cc2cc(Cl)ccc2OC)CC1. The standard InChI is InChI=1S/C21H33ClN4O3/c1-4-5-8-23-20(27)15-25-9-11-26(12-10-25)21(28)16-24(2)14-17-13-18(22)6-7-19(17)29-3/h6-7,13H,4-5,8-12,14-16H2,1-3H3,(H,23,27)/p+2. The zero-order valence-electron chi connectivity index (χ0n) is 17.9. The first-order valence-corrected chi connectivity index (χ1v) is 10.8.